The van der Waals surface area contributed by atoms with Crippen molar-refractivity contribution in [1.29, 1.82) is 0 Å². The number of nitrogens with zero attached hydrogens (tertiary/aromatic N) is 1. The number of nitrogen functional groups attached to an aromatic ring is 1. The third-order valence-electron chi connectivity index (χ3n) is 5.10. The summed E-state index contributed by atoms with van der Waals surface area (Å²) in [6.07, 6.45) is 1.39. The van der Waals surface area contributed by atoms with Gasteiger partial charge in [0.05, 0.1) is 15.7 Å². The molecule has 0 saturated heterocycles. The van der Waals surface area contributed by atoms with Gasteiger partial charge in [-0.1, -0.05) is 29.8 Å². The van der Waals surface area contributed by atoms with Crippen molar-refractivity contribution in [1.82, 2.24) is 4.98 Å². The van der Waals surface area contributed by atoms with Crippen LogP contribution in [0, 0.1) is 0 Å². The average Bonchev–Trinajstić information content (AvgIpc) is 3.05. The molecule has 4 rings (SSSR count). The summed E-state index contributed by atoms with van der Waals surface area (Å²) in [5.41, 5.74) is 8.15. The zero-order valence-corrected chi connectivity index (χ0v) is 18.2. The fraction of sp³-hybridized carbons (Fsp3) is 0.182. The van der Waals surface area contributed by atoms with Crippen LogP contribution in [0.15, 0.2) is 59.6 Å². The number of anilines is 2. The van der Waals surface area contributed by atoms with E-state index in [0.29, 0.717) is 34.0 Å². The molecule has 0 unspecified atom stereocenters. The smallest absolute Gasteiger partial charge is 0.255 e. The van der Waals surface area contributed by atoms with E-state index in [-0.39, 0.29) is 28.5 Å². The summed E-state index contributed by atoms with van der Waals surface area (Å²) in [6.45, 7) is 1.84. The maximum Gasteiger partial charge on any atom is 0.255 e. The second-order valence-electron chi connectivity index (χ2n) is 7.23. The molecule has 9 heteroatoms. The van der Waals surface area contributed by atoms with Gasteiger partial charge in [-0.2, -0.15) is 0 Å². The molecule has 0 fully saturated rings. The third kappa shape index (κ3) is 4.35. The molecule has 1 amide bonds. The topological polar surface area (TPSA) is 111 Å². The molecule has 1 aliphatic heterocycles. The van der Waals surface area contributed by atoms with Crippen LogP contribution in [-0.4, -0.2) is 25.1 Å². The number of sulfone groups is 1. The number of carbonyl (C=O) groups is 1. The minimum Gasteiger partial charge on any atom is -0.482 e. The van der Waals surface area contributed by atoms with Gasteiger partial charge in [0, 0.05) is 23.5 Å². The van der Waals surface area contributed by atoms with Crippen molar-refractivity contribution in [3.8, 4) is 5.75 Å². The van der Waals surface area contributed by atoms with Gasteiger partial charge in [0.15, 0.2) is 21.4 Å². The van der Waals surface area contributed by atoms with Gasteiger partial charge in [0.1, 0.15) is 6.10 Å². The van der Waals surface area contributed by atoms with E-state index in [1.807, 2.05) is 13.0 Å². The van der Waals surface area contributed by atoms with Crippen molar-refractivity contribution in [2.24, 2.45) is 0 Å². The number of pyridine rings is 1. The van der Waals surface area contributed by atoms with Gasteiger partial charge in [-0.25, -0.2) is 13.4 Å². The molecule has 3 aromatic rings. The molecule has 1 aliphatic rings. The maximum absolute atomic E-state index is 12.9. The summed E-state index contributed by atoms with van der Waals surface area (Å²) >= 11 is 5.96. The molecule has 2 heterocycles. The molecule has 160 valence electrons. The molecule has 2 aromatic carbocycles. The maximum atomic E-state index is 12.9. The highest BCUT2D eigenvalue weighted by Crippen LogP contribution is 2.31. The van der Waals surface area contributed by atoms with Crippen molar-refractivity contribution in [2.45, 2.75) is 24.3 Å². The second kappa shape index (κ2) is 8.20. The average molecular weight is 458 g/mol. The third-order valence-corrected chi connectivity index (χ3v) is 7.10. The Kier molecular flexibility index (Phi) is 5.60. The SMILES string of the molecule is C[C@@H](Oc1cc(Cl)cnc1N)c1cccc(NC(=O)c2cccc3c2CCS3(=O)=O)c1. The van der Waals surface area contributed by atoms with Gasteiger partial charge in [0.2, 0.25) is 0 Å². The first-order chi connectivity index (χ1) is 14.7. The van der Waals surface area contributed by atoms with Crippen LogP contribution in [0.5, 0.6) is 5.75 Å². The quantitative estimate of drug-likeness (QED) is 0.598. The molecule has 1 atom stereocenters. The number of benzene rings is 2. The molecule has 0 saturated carbocycles. The Morgan fingerprint density at radius 2 is 2.00 bits per heavy atom. The Morgan fingerprint density at radius 3 is 2.81 bits per heavy atom. The summed E-state index contributed by atoms with van der Waals surface area (Å²) in [4.78, 5) is 17.1. The van der Waals surface area contributed by atoms with E-state index in [1.165, 1.54) is 6.20 Å². The van der Waals surface area contributed by atoms with Gasteiger partial charge in [-0.05, 0) is 48.7 Å². The lowest BCUT2D eigenvalue weighted by atomic mass is 10.0. The van der Waals surface area contributed by atoms with Crippen LogP contribution < -0.4 is 15.8 Å². The Labute approximate surface area is 185 Å². The summed E-state index contributed by atoms with van der Waals surface area (Å²) in [7, 11) is -3.31. The zero-order chi connectivity index (χ0) is 22.2. The minimum absolute atomic E-state index is 0.0262. The number of rotatable bonds is 5. The van der Waals surface area contributed by atoms with Crippen LogP contribution in [0.4, 0.5) is 11.5 Å². The number of aromatic nitrogens is 1. The number of fused-ring (bicyclic) bond motifs is 1. The van der Waals surface area contributed by atoms with Gasteiger partial charge in [0.25, 0.3) is 5.91 Å². The first-order valence-corrected chi connectivity index (χ1v) is 11.6. The minimum atomic E-state index is -3.31. The van der Waals surface area contributed by atoms with Gasteiger partial charge in [-0.15, -0.1) is 0 Å². The van der Waals surface area contributed by atoms with E-state index in [1.54, 1.807) is 42.5 Å². The van der Waals surface area contributed by atoms with Gasteiger partial charge >= 0.3 is 0 Å². The van der Waals surface area contributed by atoms with E-state index in [4.69, 9.17) is 22.1 Å². The predicted octanol–water partition coefficient (Wildman–Crippen LogP) is 4.04. The first-order valence-electron chi connectivity index (χ1n) is 9.58. The van der Waals surface area contributed by atoms with Crippen LogP contribution in [0.1, 0.15) is 34.5 Å². The van der Waals surface area contributed by atoms with Crippen LogP contribution in [0.3, 0.4) is 0 Å². The number of nitrogens with one attached hydrogen (secondary N) is 1. The number of halogens is 1. The number of carbonyl (C=O) groups excluding carboxylic acids is 1. The monoisotopic (exact) mass is 457 g/mol. The first kappa shape index (κ1) is 21.1. The number of nitrogens with two attached hydrogens (primary N) is 1. The number of hydrogen-bond acceptors (Lipinski definition) is 6. The Bertz CT molecular complexity index is 1280. The lowest BCUT2D eigenvalue weighted by Crippen LogP contribution is -2.15. The fourth-order valence-electron chi connectivity index (χ4n) is 3.53. The summed E-state index contributed by atoms with van der Waals surface area (Å²) in [6, 6.07) is 13.6. The molecule has 3 N–H and O–H groups in total. The molecule has 0 aliphatic carbocycles. The highest BCUT2D eigenvalue weighted by molar-refractivity contribution is 7.91. The summed E-state index contributed by atoms with van der Waals surface area (Å²) in [5, 5.41) is 3.26. The Morgan fingerprint density at radius 1 is 1.23 bits per heavy atom. The Hall–Kier alpha value is -3.10. The number of ether oxygens (including phenoxy) is 1. The van der Waals surface area contributed by atoms with E-state index in [2.05, 4.69) is 10.3 Å². The van der Waals surface area contributed by atoms with Crippen molar-refractivity contribution >= 4 is 38.9 Å². The van der Waals surface area contributed by atoms with E-state index in [9.17, 15) is 13.2 Å². The normalized spacial score (nSPS) is 15.2. The predicted molar refractivity (Wildman–Crippen MR) is 119 cm³/mol. The molecular formula is C22H20ClN3O4S. The van der Waals surface area contributed by atoms with E-state index >= 15 is 0 Å². The number of amides is 1. The van der Waals surface area contributed by atoms with Crippen molar-refractivity contribution in [3.05, 3.63) is 76.4 Å². The van der Waals surface area contributed by atoms with Crippen LogP contribution in [0.2, 0.25) is 5.02 Å². The molecule has 1 aromatic heterocycles. The molecule has 0 radical (unpaired) electrons. The van der Waals surface area contributed by atoms with Gasteiger partial charge < -0.3 is 15.8 Å². The van der Waals surface area contributed by atoms with Crippen LogP contribution in [-0.2, 0) is 16.3 Å². The lowest BCUT2D eigenvalue weighted by molar-refractivity contribution is 0.102. The largest absolute Gasteiger partial charge is 0.482 e. The van der Waals surface area contributed by atoms with Crippen LogP contribution >= 0.6 is 11.6 Å². The summed E-state index contributed by atoms with van der Waals surface area (Å²) in [5.74, 6) is 0.269. The fourth-order valence-corrected chi connectivity index (χ4v) is 5.24. The highest BCUT2D eigenvalue weighted by atomic mass is 35.5. The van der Waals surface area contributed by atoms with Crippen LogP contribution in [0.25, 0.3) is 0 Å². The molecule has 0 bridgehead atoms. The Balaban J connectivity index is 1.54. The van der Waals surface area contributed by atoms with Crippen molar-refractivity contribution in [3.63, 3.8) is 0 Å². The number of hydrogen-bond donors (Lipinski definition) is 2. The highest BCUT2D eigenvalue weighted by Gasteiger charge is 2.29. The summed E-state index contributed by atoms with van der Waals surface area (Å²) < 4.78 is 30.2. The van der Waals surface area contributed by atoms with Crippen molar-refractivity contribution < 1.29 is 17.9 Å². The second-order valence-corrected chi connectivity index (χ2v) is 9.74. The van der Waals surface area contributed by atoms with E-state index in [0.717, 1.165) is 5.56 Å². The molecule has 0 spiro atoms. The van der Waals surface area contributed by atoms with E-state index < -0.39 is 9.84 Å². The molecule has 7 nitrogen and oxygen atoms in total. The molecule has 31 heavy (non-hydrogen) atoms. The lowest BCUT2D eigenvalue weighted by Gasteiger charge is -2.17. The van der Waals surface area contributed by atoms with Crippen molar-refractivity contribution in [2.75, 3.05) is 16.8 Å². The van der Waals surface area contributed by atoms with Gasteiger partial charge in [-0.3, -0.25) is 4.79 Å². The zero-order valence-electron chi connectivity index (χ0n) is 16.6. The molecular weight excluding hydrogens is 438 g/mol. The standard InChI is InChI=1S/C22H20ClN3O4S/c1-13(30-19-11-15(23)12-25-21(19)24)14-4-2-5-16(10-14)26-22(27)18-6-3-7-20-17(18)8-9-31(20,28)29/h2-7,10-13H,8-9H2,1H3,(H2,24,25)(H,26,27)/t13-/m1/s1.